The van der Waals surface area contributed by atoms with E-state index in [4.69, 9.17) is 16.3 Å². The van der Waals surface area contributed by atoms with Gasteiger partial charge < -0.3 is 10.1 Å². The molecule has 0 fully saturated rings. The first kappa shape index (κ1) is 20.3. The van der Waals surface area contributed by atoms with Gasteiger partial charge >= 0.3 is 5.97 Å². The summed E-state index contributed by atoms with van der Waals surface area (Å²) in [6, 6.07) is 12.6. The van der Waals surface area contributed by atoms with E-state index in [0.29, 0.717) is 29.3 Å². The molecule has 1 unspecified atom stereocenters. The monoisotopic (exact) mass is 391 g/mol. The summed E-state index contributed by atoms with van der Waals surface area (Å²) in [5, 5.41) is 3.40. The summed E-state index contributed by atoms with van der Waals surface area (Å²) >= 11 is 7.40. The fourth-order valence-electron chi connectivity index (χ4n) is 2.36. The van der Waals surface area contributed by atoms with Crippen LogP contribution >= 0.6 is 23.4 Å². The molecule has 0 saturated heterocycles. The fourth-order valence-corrected chi connectivity index (χ4v) is 3.44. The summed E-state index contributed by atoms with van der Waals surface area (Å²) in [5.41, 5.74) is 1.98. The second-order valence-electron chi connectivity index (χ2n) is 5.71. The molecule has 0 saturated carbocycles. The van der Waals surface area contributed by atoms with Crippen molar-refractivity contribution in [2.45, 2.75) is 37.3 Å². The maximum Gasteiger partial charge on any atom is 0.338 e. The van der Waals surface area contributed by atoms with Crippen LogP contribution in [0.15, 0.2) is 47.4 Å². The molecule has 1 N–H and O–H groups in total. The first-order valence-electron chi connectivity index (χ1n) is 8.45. The molecule has 1 amide bonds. The Labute approximate surface area is 163 Å². The number of esters is 1. The molecule has 2 aromatic rings. The van der Waals surface area contributed by atoms with Crippen molar-refractivity contribution in [3.8, 4) is 0 Å². The minimum Gasteiger partial charge on any atom is -0.462 e. The molecule has 0 radical (unpaired) electrons. The van der Waals surface area contributed by atoms with Gasteiger partial charge in [-0.1, -0.05) is 18.5 Å². The third kappa shape index (κ3) is 5.51. The number of rotatable bonds is 7. The van der Waals surface area contributed by atoms with E-state index in [1.807, 2.05) is 38.1 Å². The van der Waals surface area contributed by atoms with Crippen LogP contribution in [-0.4, -0.2) is 23.7 Å². The van der Waals surface area contributed by atoms with Crippen LogP contribution in [0.3, 0.4) is 0 Å². The van der Waals surface area contributed by atoms with Crippen LogP contribution in [0.4, 0.5) is 5.69 Å². The van der Waals surface area contributed by atoms with Gasteiger partial charge in [0.25, 0.3) is 0 Å². The lowest BCUT2D eigenvalue weighted by Gasteiger charge is -2.16. The van der Waals surface area contributed by atoms with Crippen LogP contribution in [0.2, 0.25) is 5.02 Å². The molecule has 4 nitrogen and oxygen atoms in total. The average Bonchev–Trinajstić information content (AvgIpc) is 2.63. The number of benzene rings is 2. The van der Waals surface area contributed by atoms with Crippen LogP contribution in [0.5, 0.6) is 0 Å². The molecule has 26 heavy (non-hydrogen) atoms. The molecule has 0 heterocycles. The number of halogens is 1. The highest BCUT2D eigenvalue weighted by molar-refractivity contribution is 8.00. The van der Waals surface area contributed by atoms with Gasteiger partial charge in [0.2, 0.25) is 5.91 Å². The van der Waals surface area contributed by atoms with E-state index in [1.54, 1.807) is 25.1 Å². The van der Waals surface area contributed by atoms with E-state index in [1.165, 1.54) is 11.8 Å². The Kier molecular flexibility index (Phi) is 7.54. The maximum absolute atomic E-state index is 12.6. The highest BCUT2D eigenvalue weighted by atomic mass is 35.5. The van der Waals surface area contributed by atoms with E-state index in [0.717, 1.165) is 10.5 Å². The zero-order valence-corrected chi connectivity index (χ0v) is 16.6. The summed E-state index contributed by atoms with van der Waals surface area (Å²) in [4.78, 5) is 25.4. The lowest BCUT2D eigenvalue weighted by molar-refractivity contribution is -0.115. The van der Waals surface area contributed by atoms with Gasteiger partial charge in [-0.05, 0) is 68.3 Å². The number of hydrogen-bond acceptors (Lipinski definition) is 4. The minimum absolute atomic E-state index is 0.0700. The Morgan fingerprint density at radius 3 is 2.42 bits per heavy atom. The standard InChI is InChI=1S/C20H22ClNO3S/c1-4-18(26-16-9-7-15(21)8-10-16)19(23)22-17-11-6-14(12-13(17)3)20(24)25-5-2/h6-12,18H,4-5H2,1-3H3,(H,22,23). The molecule has 2 aromatic carbocycles. The Balaban J connectivity index is 2.07. The predicted octanol–water partition coefficient (Wildman–Crippen LogP) is 5.33. The van der Waals surface area contributed by atoms with Crippen LogP contribution in [0.1, 0.15) is 36.2 Å². The molecule has 138 valence electrons. The van der Waals surface area contributed by atoms with Gasteiger partial charge in [0.15, 0.2) is 0 Å². The number of ether oxygens (including phenoxy) is 1. The Morgan fingerprint density at radius 1 is 1.15 bits per heavy atom. The Morgan fingerprint density at radius 2 is 1.85 bits per heavy atom. The van der Waals surface area contributed by atoms with Crippen molar-refractivity contribution in [2.75, 3.05) is 11.9 Å². The number of hydrogen-bond donors (Lipinski definition) is 1. The Hall–Kier alpha value is -1.98. The zero-order valence-electron chi connectivity index (χ0n) is 15.0. The van der Waals surface area contributed by atoms with E-state index in [2.05, 4.69) is 5.32 Å². The van der Waals surface area contributed by atoms with Crippen molar-refractivity contribution in [3.63, 3.8) is 0 Å². The van der Waals surface area contributed by atoms with Gasteiger partial charge in [-0.15, -0.1) is 11.8 Å². The first-order valence-corrected chi connectivity index (χ1v) is 9.71. The summed E-state index contributed by atoms with van der Waals surface area (Å²) in [7, 11) is 0. The molecule has 0 aliphatic rings. The molecule has 0 bridgehead atoms. The van der Waals surface area contributed by atoms with Crippen molar-refractivity contribution in [3.05, 3.63) is 58.6 Å². The predicted molar refractivity (Wildman–Crippen MR) is 107 cm³/mol. The molecule has 0 aliphatic heterocycles. The highest BCUT2D eigenvalue weighted by Gasteiger charge is 2.19. The maximum atomic E-state index is 12.6. The highest BCUT2D eigenvalue weighted by Crippen LogP contribution is 2.28. The van der Waals surface area contributed by atoms with Crippen molar-refractivity contribution < 1.29 is 14.3 Å². The van der Waals surface area contributed by atoms with Crippen LogP contribution < -0.4 is 5.32 Å². The van der Waals surface area contributed by atoms with Gasteiger partial charge in [0.1, 0.15) is 0 Å². The minimum atomic E-state index is -0.363. The van der Waals surface area contributed by atoms with Crippen LogP contribution in [-0.2, 0) is 9.53 Å². The number of carbonyl (C=O) groups is 2. The van der Waals surface area contributed by atoms with Gasteiger partial charge in [0.05, 0.1) is 17.4 Å². The topological polar surface area (TPSA) is 55.4 Å². The van der Waals surface area contributed by atoms with Crippen LogP contribution in [0.25, 0.3) is 0 Å². The first-order chi connectivity index (χ1) is 12.4. The molecule has 0 spiro atoms. The van der Waals surface area contributed by atoms with Gasteiger partial charge in [-0.3, -0.25) is 4.79 Å². The van der Waals surface area contributed by atoms with E-state index >= 15 is 0 Å². The lowest BCUT2D eigenvalue weighted by Crippen LogP contribution is -2.25. The average molecular weight is 392 g/mol. The van der Waals surface area contributed by atoms with Gasteiger partial charge in [-0.2, -0.15) is 0 Å². The Bertz CT molecular complexity index is 777. The molecule has 1 atom stereocenters. The SMILES string of the molecule is CCOC(=O)c1ccc(NC(=O)C(CC)Sc2ccc(Cl)cc2)c(C)c1. The molecule has 0 aliphatic carbocycles. The molecule has 0 aromatic heterocycles. The number of aryl methyl sites for hydroxylation is 1. The fraction of sp³-hybridized carbons (Fsp3) is 0.300. The summed E-state index contributed by atoms with van der Waals surface area (Å²) < 4.78 is 5.00. The second-order valence-corrected chi connectivity index (χ2v) is 7.42. The summed E-state index contributed by atoms with van der Waals surface area (Å²) in [6.07, 6.45) is 0.694. The third-order valence-corrected chi connectivity index (χ3v) is 5.38. The quantitative estimate of drug-likeness (QED) is 0.511. The van der Waals surface area contributed by atoms with Crippen LogP contribution in [0, 0.1) is 6.92 Å². The van der Waals surface area contributed by atoms with Crippen molar-refractivity contribution in [1.82, 2.24) is 0 Å². The molecule has 6 heteroatoms. The normalized spacial score (nSPS) is 11.7. The lowest BCUT2D eigenvalue weighted by atomic mass is 10.1. The van der Waals surface area contributed by atoms with Crippen molar-refractivity contribution in [2.24, 2.45) is 0 Å². The van der Waals surface area contributed by atoms with Gasteiger partial charge in [-0.25, -0.2) is 4.79 Å². The smallest absolute Gasteiger partial charge is 0.338 e. The number of anilines is 1. The van der Waals surface area contributed by atoms with Crippen molar-refractivity contribution >= 4 is 40.9 Å². The van der Waals surface area contributed by atoms with E-state index in [-0.39, 0.29) is 17.1 Å². The molecule has 2 rings (SSSR count). The second kappa shape index (κ2) is 9.64. The number of carbonyl (C=O) groups excluding carboxylic acids is 2. The summed E-state index contributed by atoms with van der Waals surface area (Å²) in [6.45, 7) is 5.93. The van der Waals surface area contributed by atoms with Gasteiger partial charge in [0, 0.05) is 15.6 Å². The summed E-state index contributed by atoms with van der Waals surface area (Å²) in [5.74, 6) is -0.433. The zero-order chi connectivity index (χ0) is 19.1. The number of nitrogens with one attached hydrogen (secondary N) is 1. The van der Waals surface area contributed by atoms with E-state index < -0.39 is 0 Å². The molecular weight excluding hydrogens is 370 g/mol. The molecular formula is C20H22ClNO3S. The van der Waals surface area contributed by atoms with Crippen molar-refractivity contribution in [1.29, 1.82) is 0 Å². The van der Waals surface area contributed by atoms with E-state index in [9.17, 15) is 9.59 Å². The number of amides is 1. The number of thioether (sulfide) groups is 1. The third-order valence-electron chi connectivity index (χ3n) is 3.75. The largest absolute Gasteiger partial charge is 0.462 e.